The van der Waals surface area contributed by atoms with E-state index < -0.39 is 5.78 Å². The van der Waals surface area contributed by atoms with Crippen LogP contribution >= 0.6 is 0 Å². The number of carbonyl (C=O) groups is 1. The predicted molar refractivity (Wildman–Crippen MR) is 331 cm³/mol. The Hall–Kier alpha value is -8.88. The molecule has 0 amide bonds. The number of phenols is 1. The molecule has 2 aliphatic rings. The van der Waals surface area contributed by atoms with Crippen LogP contribution in [-0.2, 0) is 9.53 Å². The van der Waals surface area contributed by atoms with Crippen LogP contribution in [0.4, 0.5) is 28.4 Å². The molecule has 8 nitrogen and oxygen atoms in total. The summed E-state index contributed by atoms with van der Waals surface area (Å²) in [4.78, 5) is 17.4. The molecule has 0 fully saturated rings. The van der Waals surface area contributed by atoms with Gasteiger partial charge in [-0.2, -0.15) is 4.58 Å². The Balaban J connectivity index is 1.08. The van der Waals surface area contributed by atoms with Crippen molar-refractivity contribution < 1.29 is 29.6 Å². The minimum Gasteiger partial charge on any atom is -0.507 e. The van der Waals surface area contributed by atoms with Crippen LogP contribution in [0.15, 0.2) is 223 Å². The summed E-state index contributed by atoms with van der Waals surface area (Å²) in [5.74, 6) is -0.469. The Bertz CT molecular complexity index is 3830. The Morgan fingerprint density at radius 3 is 1.41 bits per heavy atom. The number of rotatable bonds is 20. The number of anilines is 3. The van der Waals surface area contributed by atoms with E-state index >= 15 is 4.79 Å². The maximum Gasteiger partial charge on any atom is 0.219 e. The number of ketones is 1. The van der Waals surface area contributed by atoms with Gasteiger partial charge in [-0.1, -0.05) is 175 Å². The molecule has 3 N–H and O–H groups in total. The number of benzene rings is 9. The highest BCUT2D eigenvalue weighted by molar-refractivity contribution is 6.40. The number of ether oxygens (including phenoxy) is 2. The van der Waals surface area contributed by atoms with Crippen LogP contribution in [0.3, 0.4) is 0 Å². The molecule has 0 radical (unpaired) electrons. The second-order valence-corrected chi connectivity index (χ2v) is 21.4. The molecule has 0 heterocycles. The normalized spacial score (nSPS) is 15.2. The molecule has 2 unspecified atom stereocenters. The molecule has 0 spiro atoms. The van der Waals surface area contributed by atoms with Crippen LogP contribution in [0.25, 0.3) is 48.7 Å². The molecular formula is C72H69N2O6+. The lowest BCUT2D eigenvalue weighted by atomic mass is 9.78. The van der Waals surface area contributed by atoms with E-state index in [9.17, 15) is 15.3 Å². The topological polar surface area (TPSA) is 102 Å². The molecule has 0 bridgehead atoms. The molecule has 2 atom stereocenters. The molecule has 11 rings (SSSR count). The molecule has 8 heteroatoms. The van der Waals surface area contributed by atoms with Gasteiger partial charge in [0.15, 0.2) is 0 Å². The van der Waals surface area contributed by atoms with Gasteiger partial charge in [-0.15, -0.1) is 0 Å². The first-order valence-corrected chi connectivity index (χ1v) is 28.6. The summed E-state index contributed by atoms with van der Waals surface area (Å²) < 4.78 is 15.7. The Labute approximate surface area is 469 Å². The number of unbranched alkanes of at least 4 members (excludes halogenated alkanes) is 2. The molecule has 0 saturated carbocycles. The summed E-state index contributed by atoms with van der Waals surface area (Å²) in [6, 6.07) is 61.5. The zero-order valence-electron chi connectivity index (χ0n) is 46.2. The highest BCUT2D eigenvalue weighted by Gasteiger charge is 2.44. The maximum atomic E-state index is 15.3. The van der Waals surface area contributed by atoms with Crippen molar-refractivity contribution in [1.82, 2.24) is 4.58 Å². The minimum atomic E-state index is -0.554. The molecular weight excluding hydrogens is 989 g/mol. The number of aliphatic hydroxyl groups is 2. The van der Waals surface area contributed by atoms with Gasteiger partial charge in [-0.25, -0.2) is 0 Å². The first-order valence-electron chi connectivity index (χ1n) is 28.6. The average molecular weight is 1060 g/mol. The summed E-state index contributed by atoms with van der Waals surface area (Å²) in [5, 5.41) is 46.2. The van der Waals surface area contributed by atoms with E-state index in [0.29, 0.717) is 24.6 Å². The number of Topliss-reactive ketones (excluding diaryl/α,β-unsaturated/α-hetero) is 1. The first kappa shape index (κ1) is 53.1. The third kappa shape index (κ3) is 10.7. The first-order chi connectivity index (χ1) is 39.1. The smallest absolute Gasteiger partial charge is 0.219 e. The van der Waals surface area contributed by atoms with Crippen LogP contribution < -0.4 is 14.2 Å². The summed E-state index contributed by atoms with van der Waals surface area (Å²) in [6.45, 7) is 9.32. The van der Waals surface area contributed by atoms with Gasteiger partial charge in [0.25, 0.3) is 0 Å². The molecule has 9 aromatic rings. The quantitative estimate of drug-likeness (QED) is 0.0516. The third-order valence-electron chi connectivity index (χ3n) is 16.1. The Morgan fingerprint density at radius 1 is 0.475 bits per heavy atom. The van der Waals surface area contributed by atoms with Crippen LogP contribution in [0.1, 0.15) is 84.6 Å². The van der Waals surface area contributed by atoms with E-state index in [1.165, 1.54) is 0 Å². The van der Waals surface area contributed by atoms with Gasteiger partial charge in [0.2, 0.25) is 22.9 Å². The fraction of sp³-hybridized carbons (Fsp3) is 0.222. The number of nitrogens with zero attached hydrogens (tertiary/aromatic N) is 2. The van der Waals surface area contributed by atoms with Crippen LogP contribution in [-0.4, -0.2) is 40.0 Å². The standard InChI is InChI=1S/C72H68N2O6/c1-5-9-19-47(7-3)45-79-65-43-61(73(57-33-29-49-21-11-15-25-53(49)37-57)58-34-30-50-22-12-16-26-54(50)38-58)41-63(75)67(65)69-71(77)70(72(69)78)68-64(76)42-62(44-66(68)80-46-48(8-4)20-10-6-2)74(59-35-31-51-23-13-17-27-55(51)39-59)60-36-32-52-24-14-18-28-56(52)40-60/h11-18,21-44,47-48H,5-10,19-20,45-46H2,1-4H3,(H2,75,76,77,78)/p+1. The SMILES string of the molecule is CCCCC(CC)COC1=CC(=[N+](c2ccc3ccccc3c2)c2ccc3ccccc3c2)C=C(O)C1=C1C(=O)C(c2c(O)cc(N(c3ccc4ccccc4c3)c3ccc4ccccc4c3)cc2OCC(CC)CCCC)=C1O. The van der Waals surface area contributed by atoms with Crippen molar-refractivity contribution in [2.45, 2.75) is 79.1 Å². The number of hydrogen-bond acceptors (Lipinski definition) is 7. The number of hydrogen-bond donors (Lipinski definition) is 3. The van der Waals surface area contributed by atoms with Gasteiger partial charge in [0.05, 0.1) is 53.3 Å². The lowest BCUT2D eigenvalue weighted by Crippen LogP contribution is -2.27. The molecule has 0 aromatic heterocycles. The highest BCUT2D eigenvalue weighted by atomic mass is 16.5. The lowest BCUT2D eigenvalue weighted by molar-refractivity contribution is -0.111. The van der Waals surface area contributed by atoms with E-state index in [4.69, 9.17) is 9.47 Å². The second-order valence-electron chi connectivity index (χ2n) is 21.4. The average Bonchev–Trinajstić information content (AvgIpc) is 3.67. The molecule has 0 saturated heterocycles. The minimum absolute atomic E-state index is 0.0882. The van der Waals surface area contributed by atoms with E-state index in [0.717, 1.165) is 117 Å². The molecule has 402 valence electrons. The second kappa shape index (κ2) is 23.6. The van der Waals surface area contributed by atoms with Gasteiger partial charge in [0, 0.05) is 47.8 Å². The van der Waals surface area contributed by atoms with Crippen LogP contribution in [0, 0.1) is 11.8 Å². The molecule has 80 heavy (non-hydrogen) atoms. The highest BCUT2D eigenvalue weighted by Crippen LogP contribution is 2.51. The van der Waals surface area contributed by atoms with Crippen LogP contribution in [0.2, 0.25) is 0 Å². The maximum absolute atomic E-state index is 15.3. The van der Waals surface area contributed by atoms with Crippen molar-refractivity contribution in [3.05, 3.63) is 228 Å². The largest absolute Gasteiger partial charge is 0.507 e. The number of fused-ring (bicyclic) bond motifs is 4. The molecule has 0 aliphatic heterocycles. The van der Waals surface area contributed by atoms with Gasteiger partial charge in [0.1, 0.15) is 28.8 Å². The van der Waals surface area contributed by atoms with Crippen molar-refractivity contribution in [2.75, 3.05) is 18.1 Å². The molecule has 9 aromatic carbocycles. The monoisotopic (exact) mass is 1060 g/mol. The van der Waals surface area contributed by atoms with Crippen molar-refractivity contribution in [3.63, 3.8) is 0 Å². The van der Waals surface area contributed by atoms with E-state index in [1.54, 1.807) is 12.1 Å². The van der Waals surface area contributed by atoms with Gasteiger partial charge < -0.3 is 29.7 Å². The third-order valence-corrected chi connectivity index (χ3v) is 16.1. The number of allylic oxidation sites excluding steroid dienone is 4. The fourth-order valence-corrected chi connectivity index (χ4v) is 11.4. The zero-order valence-corrected chi connectivity index (χ0v) is 46.2. The Morgan fingerprint density at radius 2 is 0.938 bits per heavy atom. The van der Waals surface area contributed by atoms with Crippen molar-refractivity contribution >= 4 is 88.6 Å². The Kier molecular flexibility index (Phi) is 15.7. The predicted octanol–water partition coefficient (Wildman–Crippen LogP) is 18.8. The lowest BCUT2D eigenvalue weighted by Gasteiger charge is -2.30. The number of aromatic hydroxyl groups is 1. The van der Waals surface area contributed by atoms with Gasteiger partial charge in [-0.05, 0) is 104 Å². The van der Waals surface area contributed by atoms with Crippen molar-refractivity contribution in [2.24, 2.45) is 11.8 Å². The summed E-state index contributed by atoms with van der Waals surface area (Å²) in [5.41, 5.74) is 4.61. The number of aliphatic hydroxyl groups excluding tert-OH is 2. The van der Waals surface area contributed by atoms with E-state index in [1.807, 2.05) is 60.7 Å². The van der Waals surface area contributed by atoms with Gasteiger partial charge >= 0.3 is 0 Å². The molecule has 2 aliphatic carbocycles. The van der Waals surface area contributed by atoms with Gasteiger partial charge in [-0.3, -0.25) is 4.79 Å². The summed E-state index contributed by atoms with van der Waals surface area (Å²) in [7, 11) is 0. The number of carbonyl (C=O) groups excluding carboxylic acids is 1. The van der Waals surface area contributed by atoms with Crippen molar-refractivity contribution in [3.8, 4) is 11.5 Å². The zero-order chi connectivity index (χ0) is 55.3. The fourth-order valence-electron chi connectivity index (χ4n) is 11.4. The van der Waals surface area contributed by atoms with Crippen LogP contribution in [0.5, 0.6) is 11.5 Å². The summed E-state index contributed by atoms with van der Waals surface area (Å²) in [6.07, 6.45) is 11.3. The van der Waals surface area contributed by atoms with E-state index in [2.05, 4.69) is 158 Å². The van der Waals surface area contributed by atoms with E-state index in [-0.39, 0.29) is 62.9 Å². The van der Waals surface area contributed by atoms with Crippen molar-refractivity contribution in [1.29, 1.82) is 0 Å². The summed E-state index contributed by atoms with van der Waals surface area (Å²) >= 11 is 0. The number of phenolic OH excluding ortho intramolecular Hbond substituents is 1.